The fraction of sp³-hybridized carbons (Fsp3) is 0.348. The Morgan fingerprint density at radius 2 is 1.85 bits per heavy atom. The molecule has 0 N–H and O–H groups in total. The number of hydrogen-bond acceptors (Lipinski definition) is 3. The summed E-state index contributed by atoms with van der Waals surface area (Å²) in [6.07, 6.45) is 5.65. The Balaban J connectivity index is 1.25. The summed E-state index contributed by atoms with van der Waals surface area (Å²) in [5, 5.41) is 0. The Kier molecular flexibility index (Phi) is 5.54. The fourth-order valence-electron chi connectivity index (χ4n) is 3.71. The van der Waals surface area contributed by atoms with E-state index < -0.39 is 0 Å². The number of amides is 1. The van der Waals surface area contributed by atoms with Crippen molar-refractivity contribution in [1.82, 2.24) is 9.80 Å². The third-order valence-electron chi connectivity index (χ3n) is 5.38. The number of carbonyl (C=O) groups excluding carboxylic acids is 1. The van der Waals surface area contributed by atoms with Crippen LogP contribution in [0.1, 0.15) is 16.7 Å². The van der Waals surface area contributed by atoms with Gasteiger partial charge in [0.05, 0.1) is 6.61 Å². The third kappa shape index (κ3) is 4.58. The highest BCUT2D eigenvalue weighted by molar-refractivity contribution is 5.91. The molecule has 4 rings (SSSR count). The Hall–Kier alpha value is -2.59. The van der Waals surface area contributed by atoms with Gasteiger partial charge in [0.2, 0.25) is 5.91 Å². The van der Waals surface area contributed by atoms with Crippen molar-refractivity contribution >= 4 is 12.0 Å². The average molecular weight is 362 g/mol. The van der Waals surface area contributed by atoms with E-state index in [-0.39, 0.29) is 5.91 Å². The number of hydrogen-bond donors (Lipinski definition) is 0. The van der Waals surface area contributed by atoms with Crippen molar-refractivity contribution in [2.24, 2.45) is 0 Å². The fourth-order valence-corrected chi connectivity index (χ4v) is 3.71. The van der Waals surface area contributed by atoms with Crippen molar-refractivity contribution in [3.8, 4) is 5.75 Å². The van der Waals surface area contributed by atoms with Gasteiger partial charge >= 0.3 is 0 Å². The van der Waals surface area contributed by atoms with Crippen LogP contribution in [-0.4, -0.2) is 55.0 Å². The molecule has 1 saturated heterocycles. The maximum Gasteiger partial charge on any atom is 0.246 e. The van der Waals surface area contributed by atoms with E-state index in [1.807, 2.05) is 23.1 Å². The minimum Gasteiger partial charge on any atom is -0.493 e. The molecule has 2 aromatic carbocycles. The van der Waals surface area contributed by atoms with Crippen LogP contribution in [0.3, 0.4) is 0 Å². The highest BCUT2D eigenvalue weighted by Gasteiger charge is 2.19. The summed E-state index contributed by atoms with van der Waals surface area (Å²) in [7, 11) is 0. The lowest BCUT2D eigenvalue weighted by Crippen LogP contribution is -2.48. The number of piperazine rings is 1. The van der Waals surface area contributed by atoms with Crippen molar-refractivity contribution in [3.63, 3.8) is 0 Å². The lowest BCUT2D eigenvalue weighted by atomic mass is 10.1. The van der Waals surface area contributed by atoms with Crippen LogP contribution in [0, 0.1) is 0 Å². The molecule has 0 aliphatic carbocycles. The van der Waals surface area contributed by atoms with Gasteiger partial charge in [-0.2, -0.15) is 0 Å². The highest BCUT2D eigenvalue weighted by atomic mass is 16.5. The molecule has 0 atom stereocenters. The first kappa shape index (κ1) is 17.8. The van der Waals surface area contributed by atoms with Gasteiger partial charge in [0.1, 0.15) is 5.75 Å². The number of fused-ring (bicyclic) bond motifs is 1. The van der Waals surface area contributed by atoms with E-state index in [9.17, 15) is 4.79 Å². The van der Waals surface area contributed by atoms with Crippen molar-refractivity contribution in [2.45, 2.75) is 12.8 Å². The molecule has 1 fully saturated rings. The SMILES string of the molecule is O=C(/C=C/c1ccc2c(c1)CCO2)N1CCN(CCc2ccccc2)CC1. The molecule has 2 aliphatic rings. The van der Waals surface area contributed by atoms with Gasteiger partial charge in [-0.05, 0) is 41.3 Å². The zero-order valence-corrected chi connectivity index (χ0v) is 15.6. The molecule has 0 spiro atoms. The van der Waals surface area contributed by atoms with Crippen molar-refractivity contribution in [2.75, 3.05) is 39.3 Å². The summed E-state index contributed by atoms with van der Waals surface area (Å²) in [5.74, 6) is 1.08. The zero-order chi connectivity index (χ0) is 18.5. The van der Waals surface area contributed by atoms with Crippen LogP contribution in [0.5, 0.6) is 5.75 Å². The molecule has 2 aromatic rings. The largest absolute Gasteiger partial charge is 0.493 e. The molecule has 27 heavy (non-hydrogen) atoms. The van der Waals surface area contributed by atoms with Gasteiger partial charge in [-0.25, -0.2) is 0 Å². The molecule has 140 valence electrons. The molecular formula is C23H26N2O2. The smallest absolute Gasteiger partial charge is 0.246 e. The average Bonchev–Trinajstić information content (AvgIpc) is 3.19. The summed E-state index contributed by atoms with van der Waals surface area (Å²) in [6.45, 7) is 5.31. The van der Waals surface area contributed by atoms with E-state index in [2.05, 4.69) is 41.3 Å². The van der Waals surface area contributed by atoms with Gasteiger partial charge in [0.25, 0.3) is 0 Å². The van der Waals surface area contributed by atoms with Crippen LogP contribution >= 0.6 is 0 Å². The normalized spacial score (nSPS) is 17.1. The number of carbonyl (C=O) groups is 1. The third-order valence-corrected chi connectivity index (χ3v) is 5.38. The van der Waals surface area contributed by atoms with Crippen LogP contribution < -0.4 is 4.74 Å². The molecule has 0 radical (unpaired) electrons. The first-order valence-electron chi connectivity index (χ1n) is 9.77. The summed E-state index contributed by atoms with van der Waals surface area (Å²) in [6, 6.07) is 16.7. The Bertz CT molecular complexity index is 808. The molecule has 0 bridgehead atoms. The molecule has 4 nitrogen and oxygen atoms in total. The minimum absolute atomic E-state index is 0.106. The number of benzene rings is 2. The Labute approximate surface area is 161 Å². The summed E-state index contributed by atoms with van der Waals surface area (Å²) >= 11 is 0. The monoisotopic (exact) mass is 362 g/mol. The van der Waals surface area contributed by atoms with Crippen LogP contribution in [0.2, 0.25) is 0 Å². The van der Waals surface area contributed by atoms with E-state index in [0.717, 1.165) is 63.5 Å². The van der Waals surface area contributed by atoms with Crippen LogP contribution in [0.15, 0.2) is 54.6 Å². The maximum atomic E-state index is 12.5. The molecule has 4 heteroatoms. The van der Waals surface area contributed by atoms with Gasteiger partial charge < -0.3 is 9.64 Å². The summed E-state index contributed by atoms with van der Waals surface area (Å²) < 4.78 is 5.53. The Morgan fingerprint density at radius 1 is 1.04 bits per heavy atom. The quantitative estimate of drug-likeness (QED) is 0.767. The highest BCUT2D eigenvalue weighted by Crippen LogP contribution is 2.26. The Morgan fingerprint density at radius 3 is 2.67 bits per heavy atom. The van der Waals surface area contributed by atoms with E-state index in [0.29, 0.717) is 0 Å². The number of ether oxygens (including phenoxy) is 1. The molecular weight excluding hydrogens is 336 g/mol. The van der Waals surface area contributed by atoms with Crippen LogP contribution in [0.4, 0.5) is 0 Å². The van der Waals surface area contributed by atoms with Crippen molar-refractivity contribution in [3.05, 3.63) is 71.3 Å². The molecule has 0 saturated carbocycles. The van der Waals surface area contributed by atoms with Gasteiger partial charge in [-0.1, -0.05) is 36.4 Å². The predicted molar refractivity (Wildman–Crippen MR) is 108 cm³/mol. The van der Waals surface area contributed by atoms with E-state index >= 15 is 0 Å². The minimum atomic E-state index is 0.106. The van der Waals surface area contributed by atoms with Gasteiger partial charge in [0, 0.05) is 45.2 Å². The molecule has 0 unspecified atom stereocenters. The van der Waals surface area contributed by atoms with Gasteiger partial charge in [0.15, 0.2) is 0 Å². The van der Waals surface area contributed by atoms with Crippen LogP contribution in [-0.2, 0) is 17.6 Å². The standard InChI is InChI=1S/C23H26N2O2/c26-23(9-7-20-6-8-22-21(18-20)11-17-27-22)25-15-13-24(14-16-25)12-10-19-4-2-1-3-5-19/h1-9,18H,10-17H2/b9-7+. The molecule has 1 amide bonds. The molecule has 2 aliphatic heterocycles. The first-order chi connectivity index (χ1) is 13.3. The van der Waals surface area contributed by atoms with Crippen molar-refractivity contribution < 1.29 is 9.53 Å². The van der Waals surface area contributed by atoms with E-state index in [1.54, 1.807) is 6.08 Å². The second kappa shape index (κ2) is 8.40. The lowest BCUT2D eigenvalue weighted by Gasteiger charge is -2.34. The predicted octanol–water partition coefficient (Wildman–Crippen LogP) is 3.02. The molecule has 0 aromatic heterocycles. The summed E-state index contributed by atoms with van der Waals surface area (Å²) in [5.41, 5.74) is 3.67. The first-order valence-corrected chi connectivity index (χ1v) is 9.77. The maximum absolute atomic E-state index is 12.5. The zero-order valence-electron chi connectivity index (χ0n) is 15.6. The lowest BCUT2D eigenvalue weighted by molar-refractivity contribution is -0.127. The van der Waals surface area contributed by atoms with E-state index in [4.69, 9.17) is 4.74 Å². The number of rotatable bonds is 5. The van der Waals surface area contributed by atoms with Gasteiger partial charge in [-0.3, -0.25) is 9.69 Å². The molecule has 2 heterocycles. The van der Waals surface area contributed by atoms with E-state index in [1.165, 1.54) is 11.1 Å². The van der Waals surface area contributed by atoms with Gasteiger partial charge in [-0.15, -0.1) is 0 Å². The topological polar surface area (TPSA) is 32.8 Å². The second-order valence-electron chi connectivity index (χ2n) is 7.20. The second-order valence-corrected chi connectivity index (χ2v) is 7.20. The van der Waals surface area contributed by atoms with Crippen LogP contribution in [0.25, 0.3) is 6.08 Å². The summed E-state index contributed by atoms with van der Waals surface area (Å²) in [4.78, 5) is 16.9. The van der Waals surface area contributed by atoms with Crippen molar-refractivity contribution in [1.29, 1.82) is 0 Å². The number of nitrogens with zero attached hydrogens (tertiary/aromatic N) is 2.